The summed E-state index contributed by atoms with van der Waals surface area (Å²) in [4.78, 5) is 56.0. The third-order valence-corrected chi connectivity index (χ3v) is 10.5. The molecule has 42 heavy (non-hydrogen) atoms. The standard InChI is InChI=1S/C31H30N2O6S3/c1-5-38-19-12-13-21-20(16-19)25(28(40)31(3,4)33(21)24(36)17-32-22(34)14-15-23(32)35)30-41-26(18-10-8-7-9-11-18)27(42-30)29(37)39-6-2/h7-13,16H,5-6,14-15,17H2,1-4H3. The molecule has 0 bridgehead atoms. The Morgan fingerprint density at radius 1 is 0.976 bits per heavy atom. The molecule has 0 aromatic heterocycles. The van der Waals surface area contributed by atoms with Gasteiger partial charge in [0.15, 0.2) is 0 Å². The van der Waals surface area contributed by atoms with Crippen molar-refractivity contribution < 1.29 is 28.7 Å². The van der Waals surface area contributed by atoms with Crippen LogP contribution in [0.1, 0.15) is 51.7 Å². The smallest absolute Gasteiger partial charge is 0.346 e. The number of esters is 1. The molecule has 0 aliphatic carbocycles. The van der Waals surface area contributed by atoms with E-state index in [1.54, 1.807) is 24.0 Å². The molecule has 0 saturated carbocycles. The molecule has 0 atom stereocenters. The number of amides is 3. The summed E-state index contributed by atoms with van der Waals surface area (Å²) in [7, 11) is 0. The van der Waals surface area contributed by atoms with Gasteiger partial charge in [0.25, 0.3) is 0 Å². The summed E-state index contributed by atoms with van der Waals surface area (Å²) in [6.45, 7) is 7.68. The maximum atomic E-state index is 13.9. The average molecular weight is 623 g/mol. The third kappa shape index (κ3) is 5.41. The van der Waals surface area contributed by atoms with Gasteiger partial charge in [0.2, 0.25) is 17.7 Å². The maximum absolute atomic E-state index is 13.9. The van der Waals surface area contributed by atoms with Crippen molar-refractivity contribution in [1.82, 2.24) is 4.90 Å². The van der Waals surface area contributed by atoms with Crippen LogP contribution in [-0.2, 0) is 23.9 Å². The van der Waals surface area contributed by atoms with Crippen LogP contribution in [0.5, 0.6) is 5.75 Å². The van der Waals surface area contributed by atoms with Crippen molar-refractivity contribution in [3.63, 3.8) is 0 Å². The summed E-state index contributed by atoms with van der Waals surface area (Å²) >= 11 is 8.88. The Hall–Kier alpha value is -3.41. The highest BCUT2D eigenvalue weighted by molar-refractivity contribution is 8.32. The number of carbonyl (C=O) groups is 4. The summed E-state index contributed by atoms with van der Waals surface area (Å²) in [5.74, 6) is -0.938. The minimum absolute atomic E-state index is 0.104. The monoisotopic (exact) mass is 622 g/mol. The molecule has 3 aliphatic rings. The Bertz CT molecular complexity index is 1550. The zero-order valence-electron chi connectivity index (χ0n) is 23.7. The van der Waals surface area contributed by atoms with Gasteiger partial charge < -0.3 is 9.47 Å². The number of likely N-dealkylation sites (tertiary alicyclic amines) is 1. The lowest BCUT2D eigenvalue weighted by molar-refractivity contribution is -0.142. The van der Waals surface area contributed by atoms with Crippen LogP contribution in [0.2, 0.25) is 0 Å². The molecule has 0 radical (unpaired) electrons. The van der Waals surface area contributed by atoms with E-state index in [-0.39, 0.29) is 37.8 Å². The Morgan fingerprint density at radius 2 is 1.67 bits per heavy atom. The van der Waals surface area contributed by atoms with Gasteiger partial charge >= 0.3 is 5.97 Å². The minimum Gasteiger partial charge on any atom is -0.494 e. The summed E-state index contributed by atoms with van der Waals surface area (Å²) in [6, 6.07) is 15.1. The number of hydrogen-bond donors (Lipinski definition) is 0. The number of thioether (sulfide) groups is 2. The van der Waals surface area contributed by atoms with Gasteiger partial charge in [-0.2, -0.15) is 0 Å². The minimum atomic E-state index is -0.999. The number of thiocarbonyl (C=S) groups is 1. The molecule has 11 heteroatoms. The molecule has 0 unspecified atom stereocenters. The second-order valence-corrected chi connectivity index (χ2v) is 12.9. The SMILES string of the molecule is CCOC(=O)C1=C(c2ccccc2)SC(=C2C(=S)C(C)(C)N(C(=O)CN3C(=O)CCC3=O)c3ccc(OCC)cc32)S1. The average Bonchev–Trinajstić information content (AvgIpc) is 3.54. The van der Waals surface area contributed by atoms with Crippen LogP contribution < -0.4 is 9.64 Å². The van der Waals surface area contributed by atoms with E-state index >= 15 is 0 Å². The van der Waals surface area contributed by atoms with Gasteiger partial charge in [0.1, 0.15) is 17.2 Å². The second-order valence-electron chi connectivity index (χ2n) is 10.2. The molecule has 3 amide bonds. The van der Waals surface area contributed by atoms with Gasteiger partial charge in [-0.05, 0) is 51.5 Å². The first-order valence-electron chi connectivity index (χ1n) is 13.6. The number of carbonyl (C=O) groups excluding carboxylic acids is 4. The van der Waals surface area contributed by atoms with Crippen molar-refractivity contribution in [2.45, 2.75) is 46.1 Å². The fourth-order valence-electron chi connectivity index (χ4n) is 5.16. The molecular formula is C31H30N2O6S3. The molecule has 0 N–H and O–H groups in total. The molecule has 0 spiro atoms. The van der Waals surface area contributed by atoms with Gasteiger partial charge in [-0.15, -0.1) is 0 Å². The summed E-state index contributed by atoms with van der Waals surface area (Å²) in [5.41, 5.74) is 1.86. The lowest BCUT2D eigenvalue weighted by Gasteiger charge is -2.45. The third-order valence-electron chi connectivity index (χ3n) is 7.13. The normalized spacial score (nSPS) is 19.9. The summed E-state index contributed by atoms with van der Waals surface area (Å²) in [5, 5.41) is 0. The Labute approximate surface area is 258 Å². The largest absolute Gasteiger partial charge is 0.494 e. The fraction of sp³-hybridized carbons (Fsp3) is 0.323. The zero-order chi connectivity index (χ0) is 30.2. The van der Waals surface area contributed by atoms with E-state index < -0.39 is 17.4 Å². The number of benzene rings is 2. The topological polar surface area (TPSA) is 93.2 Å². The van der Waals surface area contributed by atoms with Crippen LogP contribution in [-0.4, -0.2) is 58.8 Å². The molecule has 1 fully saturated rings. The quantitative estimate of drug-likeness (QED) is 0.164. The van der Waals surface area contributed by atoms with Crippen LogP contribution >= 0.6 is 35.7 Å². The van der Waals surface area contributed by atoms with Gasteiger partial charge in [0.05, 0.1) is 33.5 Å². The molecule has 8 nitrogen and oxygen atoms in total. The van der Waals surface area contributed by atoms with Gasteiger partial charge in [-0.3, -0.25) is 24.2 Å². The number of nitrogens with zero attached hydrogens (tertiary/aromatic N) is 2. The number of ether oxygens (including phenoxy) is 2. The Kier molecular flexibility index (Phi) is 8.63. The maximum Gasteiger partial charge on any atom is 0.346 e. The van der Waals surface area contributed by atoms with Crippen LogP contribution in [0.4, 0.5) is 5.69 Å². The first-order chi connectivity index (χ1) is 20.1. The number of imide groups is 1. The Balaban J connectivity index is 1.64. The molecule has 3 aliphatic heterocycles. The summed E-state index contributed by atoms with van der Waals surface area (Å²) in [6.07, 6.45) is 0.207. The van der Waals surface area contributed by atoms with Crippen LogP contribution in [0.15, 0.2) is 57.7 Å². The molecule has 1 saturated heterocycles. The van der Waals surface area contributed by atoms with Crippen LogP contribution in [0.3, 0.4) is 0 Å². The van der Waals surface area contributed by atoms with Crippen molar-refractivity contribution in [1.29, 1.82) is 0 Å². The molecule has 218 valence electrons. The van der Waals surface area contributed by atoms with Crippen molar-refractivity contribution in [2.24, 2.45) is 0 Å². The number of rotatable bonds is 7. The molecule has 2 aromatic carbocycles. The van der Waals surface area contributed by atoms with Crippen molar-refractivity contribution >= 4 is 80.5 Å². The molecular weight excluding hydrogens is 593 g/mol. The first-order valence-corrected chi connectivity index (χ1v) is 15.7. The van der Waals surface area contributed by atoms with Crippen molar-refractivity contribution in [3.05, 3.63) is 68.8 Å². The zero-order valence-corrected chi connectivity index (χ0v) is 26.2. The van der Waals surface area contributed by atoms with Gasteiger partial charge in [-0.1, -0.05) is 66.1 Å². The highest BCUT2D eigenvalue weighted by Crippen LogP contribution is 2.58. The predicted molar refractivity (Wildman–Crippen MR) is 170 cm³/mol. The van der Waals surface area contributed by atoms with E-state index in [0.29, 0.717) is 33.4 Å². The fourth-order valence-corrected chi connectivity index (χ4v) is 8.29. The van der Waals surface area contributed by atoms with Crippen LogP contribution in [0.25, 0.3) is 10.5 Å². The number of anilines is 1. The molecule has 3 heterocycles. The highest BCUT2D eigenvalue weighted by atomic mass is 32.2. The first kappa shape index (κ1) is 30.1. The van der Waals surface area contributed by atoms with Crippen molar-refractivity contribution in [2.75, 3.05) is 24.7 Å². The van der Waals surface area contributed by atoms with E-state index in [0.717, 1.165) is 25.2 Å². The van der Waals surface area contributed by atoms with E-state index in [9.17, 15) is 19.2 Å². The molecule has 5 rings (SSSR count). The van der Waals surface area contributed by atoms with Gasteiger partial charge in [-0.25, -0.2) is 4.79 Å². The van der Waals surface area contributed by atoms with Gasteiger partial charge in [0, 0.05) is 28.9 Å². The Morgan fingerprint density at radius 3 is 2.31 bits per heavy atom. The van der Waals surface area contributed by atoms with E-state index in [2.05, 4.69) is 0 Å². The molecule has 2 aromatic rings. The lowest BCUT2D eigenvalue weighted by atomic mass is 9.83. The second kappa shape index (κ2) is 12.1. The summed E-state index contributed by atoms with van der Waals surface area (Å²) < 4.78 is 12.0. The van der Waals surface area contributed by atoms with E-state index in [1.807, 2.05) is 57.2 Å². The highest BCUT2D eigenvalue weighted by Gasteiger charge is 2.47. The predicted octanol–water partition coefficient (Wildman–Crippen LogP) is 5.81. The number of fused-ring (bicyclic) bond motifs is 1. The van der Waals surface area contributed by atoms with E-state index in [4.69, 9.17) is 21.7 Å². The van der Waals surface area contributed by atoms with E-state index in [1.165, 1.54) is 23.5 Å². The van der Waals surface area contributed by atoms with Crippen molar-refractivity contribution in [3.8, 4) is 5.75 Å². The number of hydrogen-bond acceptors (Lipinski definition) is 9. The lowest BCUT2D eigenvalue weighted by Crippen LogP contribution is -2.58. The van der Waals surface area contributed by atoms with Crippen LogP contribution in [0, 0.1) is 0 Å².